The summed E-state index contributed by atoms with van der Waals surface area (Å²) in [6.07, 6.45) is 0.602. The van der Waals surface area contributed by atoms with Crippen LogP contribution in [0.3, 0.4) is 0 Å². The van der Waals surface area contributed by atoms with Crippen LogP contribution in [0.4, 0.5) is 0 Å². The van der Waals surface area contributed by atoms with Crippen molar-refractivity contribution in [1.82, 2.24) is 9.78 Å². The van der Waals surface area contributed by atoms with Crippen LogP contribution in [0.25, 0.3) is 0 Å². The SMILES string of the molecule is CCn1ncc(O[C@@H]2c3cc(C#N)ccc3OC(C)(C)[C@@]2(C)O)cc1=O. The molecule has 0 bridgehead atoms. The number of nitriles is 1. The largest absolute Gasteiger partial charge is 0.484 e. The maximum atomic E-state index is 12.0. The average Bonchev–Trinajstić information content (AvgIpc) is 2.59. The van der Waals surface area contributed by atoms with Gasteiger partial charge in [-0.05, 0) is 45.9 Å². The van der Waals surface area contributed by atoms with Crippen LogP contribution in [0.1, 0.15) is 44.9 Å². The summed E-state index contributed by atoms with van der Waals surface area (Å²) in [6.45, 7) is 7.41. The van der Waals surface area contributed by atoms with Crippen molar-refractivity contribution in [2.45, 2.75) is 51.5 Å². The van der Waals surface area contributed by atoms with Crippen molar-refractivity contribution < 1.29 is 14.6 Å². The highest BCUT2D eigenvalue weighted by atomic mass is 16.5. The number of benzene rings is 1. The normalized spacial score (nSPS) is 23.5. The zero-order valence-corrected chi connectivity index (χ0v) is 15.2. The van der Waals surface area contributed by atoms with Gasteiger partial charge >= 0.3 is 0 Å². The Morgan fingerprint density at radius 3 is 2.73 bits per heavy atom. The van der Waals surface area contributed by atoms with Gasteiger partial charge in [-0.25, -0.2) is 4.68 Å². The van der Waals surface area contributed by atoms with E-state index in [-0.39, 0.29) is 11.3 Å². The lowest BCUT2D eigenvalue weighted by molar-refractivity contribution is -0.174. The van der Waals surface area contributed by atoms with Crippen LogP contribution in [0, 0.1) is 11.3 Å². The van der Waals surface area contributed by atoms with Gasteiger partial charge in [-0.2, -0.15) is 10.4 Å². The van der Waals surface area contributed by atoms with E-state index >= 15 is 0 Å². The van der Waals surface area contributed by atoms with Crippen molar-refractivity contribution in [3.8, 4) is 17.6 Å². The molecule has 0 spiro atoms. The first-order valence-corrected chi connectivity index (χ1v) is 8.39. The minimum atomic E-state index is -1.42. The standard InChI is InChI=1S/C19H21N3O4/c1-5-22-16(23)9-13(11-21-22)25-17-14-8-12(10-20)6-7-15(14)26-18(2,3)19(17,4)24/h6-9,11,17,24H,5H2,1-4H3/t17-,19+/m1/s1. The summed E-state index contributed by atoms with van der Waals surface area (Å²) < 4.78 is 13.2. The van der Waals surface area contributed by atoms with Gasteiger partial charge in [0, 0.05) is 18.2 Å². The Labute approximate surface area is 151 Å². The lowest BCUT2D eigenvalue weighted by atomic mass is 9.77. The van der Waals surface area contributed by atoms with E-state index in [1.807, 2.05) is 6.92 Å². The third-order valence-electron chi connectivity index (χ3n) is 4.91. The van der Waals surface area contributed by atoms with Crippen molar-refractivity contribution in [2.24, 2.45) is 0 Å². The molecule has 1 aromatic heterocycles. The highest BCUT2D eigenvalue weighted by molar-refractivity contribution is 5.47. The Bertz CT molecular complexity index is 941. The molecular formula is C19H21N3O4. The molecule has 1 N–H and O–H groups in total. The molecule has 0 amide bonds. The first kappa shape index (κ1) is 18.0. The Kier molecular flexibility index (Phi) is 4.24. The Morgan fingerprint density at radius 1 is 1.38 bits per heavy atom. The molecule has 1 aliphatic rings. The van der Waals surface area contributed by atoms with Crippen LogP contribution >= 0.6 is 0 Å². The average molecular weight is 355 g/mol. The maximum absolute atomic E-state index is 12.0. The molecule has 0 aliphatic carbocycles. The van der Waals surface area contributed by atoms with E-state index in [9.17, 15) is 15.2 Å². The number of nitrogens with zero attached hydrogens (tertiary/aromatic N) is 3. The van der Waals surface area contributed by atoms with E-state index in [1.165, 1.54) is 16.9 Å². The van der Waals surface area contributed by atoms with Crippen LogP contribution in [-0.2, 0) is 6.54 Å². The third-order valence-corrected chi connectivity index (χ3v) is 4.91. The van der Waals surface area contributed by atoms with E-state index in [0.717, 1.165) is 0 Å². The zero-order chi connectivity index (χ0) is 19.1. The topological polar surface area (TPSA) is 97.4 Å². The van der Waals surface area contributed by atoms with Crippen molar-refractivity contribution in [1.29, 1.82) is 5.26 Å². The van der Waals surface area contributed by atoms with E-state index in [4.69, 9.17) is 9.47 Å². The molecule has 0 unspecified atom stereocenters. The number of aliphatic hydroxyl groups is 1. The second-order valence-electron chi connectivity index (χ2n) is 6.97. The highest BCUT2D eigenvalue weighted by Gasteiger charge is 2.54. The first-order chi connectivity index (χ1) is 12.2. The fraction of sp³-hybridized carbons (Fsp3) is 0.421. The number of aromatic nitrogens is 2. The van der Waals surface area contributed by atoms with Crippen molar-refractivity contribution in [3.63, 3.8) is 0 Å². The molecular weight excluding hydrogens is 334 g/mol. The van der Waals surface area contributed by atoms with E-state index in [1.54, 1.807) is 39.0 Å². The smallest absolute Gasteiger partial charge is 0.270 e. The molecule has 7 nitrogen and oxygen atoms in total. The van der Waals surface area contributed by atoms with E-state index < -0.39 is 17.3 Å². The van der Waals surface area contributed by atoms with Gasteiger partial charge in [-0.3, -0.25) is 4.79 Å². The molecule has 0 radical (unpaired) electrons. The van der Waals surface area contributed by atoms with Crippen molar-refractivity contribution in [3.05, 3.63) is 51.9 Å². The summed E-state index contributed by atoms with van der Waals surface area (Å²) >= 11 is 0. The minimum absolute atomic E-state index is 0.246. The molecule has 2 atom stereocenters. The lowest BCUT2D eigenvalue weighted by Crippen LogP contribution is -2.59. The number of hydrogen-bond acceptors (Lipinski definition) is 6. The van der Waals surface area contributed by atoms with E-state index in [2.05, 4.69) is 11.2 Å². The predicted octanol–water partition coefficient (Wildman–Crippen LogP) is 2.18. The van der Waals surface area contributed by atoms with Gasteiger partial charge < -0.3 is 14.6 Å². The molecule has 26 heavy (non-hydrogen) atoms. The summed E-state index contributed by atoms with van der Waals surface area (Å²) in [7, 11) is 0. The predicted molar refractivity (Wildman–Crippen MR) is 94.0 cm³/mol. The summed E-state index contributed by atoms with van der Waals surface area (Å²) in [5, 5.41) is 24.4. The monoisotopic (exact) mass is 355 g/mol. The Hall–Kier alpha value is -2.85. The minimum Gasteiger partial charge on any atom is -0.484 e. The summed E-state index contributed by atoms with van der Waals surface area (Å²) in [5.41, 5.74) is -1.69. The molecule has 1 aromatic carbocycles. The zero-order valence-electron chi connectivity index (χ0n) is 15.2. The first-order valence-electron chi connectivity index (χ1n) is 8.39. The number of ether oxygens (including phenoxy) is 2. The summed E-state index contributed by atoms with van der Waals surface area (Å²) in [5.74, 6) is 0.774. The van der Waals surface area contributed by atoms with E-state index in [0.29, 0.717) is 23.4 Å². The van der Waals surface area contributed by atoms with Crippen LogP contribution in [0.5, 0.6) is 11.5 Å². The number of aryl methyl sites for hydroxylation is 1. The van der Waals surface area contributed by atoms with Gasteiger partial charge in [-0.1, -0.05) is 0 Å². The molecule has 2 aromatic rings. The molecule has 2 heterocycles. The fourth-order valence-corrected chi connectivity index (χ4v) is 2.95. The molecule has 3 rings (SSSR count). The van der Waals surface area contributed by atoms with Crippen LogP contribution < -0.4 is 15.0 Å². The van der Waals surface area contributed by atoms with Crippen molar-refractivity contribution in [2.75, 3.05) is 0 Å². The summed E-state index contributed by atoms with van der Waals surface area (Å²) in [4.78, 5) is 12.0. The van der Waals surface area contributed by atoms with Gasteiger partial charge in [0.05, 0.1) is 17.8 Å². The van der Waals surface area contributed by atoms with Gasteiger partial charge in [-0.15, -0.1) is 0 Å². The van der Waals surface area contributed by atoms with Crippen LogP contribution in [-0.4, -0.2) is 26.1 Å². The Morgan fingerprint density at radius 2 is 2.12 bits per heavy atom. The van der Waals surface area contributed by atoms with Gasteiger partial charge in [0.15, 0.2) is 6.10 Å². The number of hydrogen-bond donors (Lipinski definition) is 1. The fourth-order valence-electron chi connectivity index (χ4n) is 2.95. The molecule has 0 saturated carbocycles. The molecule has 136 valence electrons. The number of fused-ring (bicyclic) bond motifs is 1. The quantitative estimate of drug-likeness (QED) is 0.906. The molecule has 7 heteroatoms. The second-order valence-corrected chi connectivity index (χ2v) is 6.97. The maximum Gasteiger partial charge on any atom is 0.270 e. The van der Waals surface area contributed by atoms with Gasteiger partial charge in [0.25, 0.3) is 5.56 Å². The lowest BCUT2D eigenvalue weighted by Gasteiger charge is -2.48. The second kappa shape index (κ2) is 6.15. The van der Waals surface area contributed by atoms with Crippen molar-refractivity contribution >= 4 is 0 Å². The summed E-state index contributed by atoms with van der Waals surface area (Å²) in [6, 6.07) is 8.38. The van der Waals surface area contributed by atoms with Crippen LogP contribution in [0.2, 0.25) is 0 Å². The third kappa shape index (κ3) is 2.82. The van der Waals surface area contributed by atoms with Gasteiger partial charge in [0.1, 0.15) is 22.7 Å². The highest BCUT2D eigenvalue weighted by Crippen LogP contribution is 2.48. The molecule has 0 fully saturated rings. The molecule has 0 saturated heterocycles. The van der Waals surface area contributed by atoms with Crippen LogP contribution in [0.15, 0.2) is 35.3 Å². The van der Waals surface area contributed by atoms with Gasteiger partial charge in [0.2, 0.25) is 0 Å². The number of rotatable bonds is 3. The molecule has 1 aliphatic heterocycles. The Balaban J connectivity index is 2.10.